The van der Waals surface area contributed by atoms with E-state index in [0.29, 0.717) is 35.1 Å². The van der Waals surface area contributed by atoms with Crippen molar-refractivity contribution in [3.63, 3.8) is 0 Å². The monoisotopic (exact) mass is 447 g/mol. The second kappa shape index (κ2) is 10.0. The standard InChI is InChI=1S/C25H25N3O5/c1-4-21(32-19-10-9-16-7-5-6-8-17(16)13-19)25(29)26-15-23-27-24(28-33-23)20-12-11-18(30-2)14-22(20)31-3/h5-14,21H,4,15H2,1-3H3,(H,26,29). The number of methoxy groups -OCH3 is 2. The fourth-order valence-electron chi connectivity index (χ4n) is 3.42. The zero-order chi connectivity index (χ0) is 23.2. The smallest absolute Gasteiger partial charge is 0.261 e. The predicted octanol–water partition coefficient (Wildman–Crippen LogP) is 4.38. The van der Waals surface area contributed by atoms with E-state index < -0.39 is 6.10 Å². The highest BCUT2D eigenvalue weighted by atomic mass is 16.5. The van der Waals surface area contributed by atoms with Gasteiger partial charge in [0.1, 0.15) is 17.2 Å². The number of nitrogens with one attached hydrogen (secondary N) is 1. The lowest BCUT2D eigenvalue weighted by molar-refractivity contribution is -0.128. The molecule has 8 heteroatoms. The molecule has 0 saturated carbocycles. The van der Waals surface area contributed by atoms with Crippen LogP contribution in [0.3, 0.4) is 0 Å². The summed E-state index contributed by atoms with van der Waals surface area (Å²) in [6, 6.07) is 19.1. The maximum absolute atomic E-state index is 12.7. The van der Waals surface area contributed by atoms with Gasteiger partial charge in [0, 0.05) is 6.07 Å². The Morgan fingerprint density at radius 2 is 1.79 bits per heavy atom. The van der Waals surface area contributed by atoms with Crippen LogP contribution in [0, 0.1) is 0 Å². The van der Waals surface area contributed by atoms with Gasteiger partial charge >= 0.3 is 0 Å². The summed E-state index contributed by atoms with van der Waals surface area (Å²) in [5.41, 5.74) is 0.658. The Balaban J connectivity index is 1.40. The Morgan fingerprint density at radius 3 is 2.55 bits per heavy atom. The molecule has 0 fully saturated rings. The Bertz CT molecular complexity index is 1250. The first-order valence-electron chi connectivity index (χ1n) is 10.6. The lowest BCUT2D eigenvalue weighted by Crippen LogP contribution is -2.37. The van der Waals surface area contributed by atoms with Gasteiger partial charge < -0.3 is 24.1 Å². The summed E-state index contributed by atoms with van der Waals surface area (Å²) < 4.78 is 21.8. The van der Waals surface area contributed by atoms with Crippen LogP contribution in [-0.4, -0.2) is 36.4 Å². The molecule has 0 aliphatic heterocycles. The van der Waals surface area contributed by atoms with E-state index >= 15 is 0 Å². The van der Waals surface area contributed by atoms with Gasteiger partial charge in [-0.3, -0.25) is 4.79 Å². The molecular formula is C25H25N3O5. The first-order chi connectivity index (χ1) is 16.1. The minimum Gasteiger partial charge on any atom is -0.497 e. The maximum atomic E-state index is 12.7. The van der Waals surface area contributed by atoms with Crippen LogP contribution in [0.4, 0.5) is 0 Å². The van der Waals surface area contributed by atoms with E-state index in [1.807, 2.05) is 49.4 Å². The fourth-order valence-corrected chi connectivity index (χ4v) is 3.42. The van der Waals surface area contributed by atoms with Gasteiger partial charge in [-0.05, 0) is 41.5 Å². The highest BCUT2D eigenvalue weighted by Crippen LogP contribution is 2.31. The molecule has 1 amide bonds. The number of rotatable bonds is 9. The normalized spacial score (nSPS) is 11.7. The van der Waals surface area contributed by atoms with Crippen LogP contribution < -0.4 is 19.5 Å². The van der Waals surface area contributed by atoms with Gasteiger partial charge in [-0.15, -0.1) is 0 Å². The number of carbonyl (C=O) groups excluding carboxylic acids is 1. The molecule has 1 N–H and O–H groups in total. The van der Waals surface area contributed by atoms with Crippen molar-refractivity contribution in [3.8, 4) is 28.6 Å². The van der Waals surface area contributed by atoms with Gasteiger partial charge in [-0.25, -0.2) is 0 Å². The average molecular weight is 447 g/mol. The zero-order valence-corrected chi connectivity index (χ0v) is 18.7. The molecule has 0 saturated heterocycles. The van der Waals surface area contributed by atoms with Crippen LogP contribution in [-0.2, 0) is 11.3 Å². The molecule has 3 aromatic carbocycles. The molecule has 4 rings (SSSR count). The summed E-state index contributed by atoms with van der Waals surface area (Å²) >= 11 is 0. The van der Waals surface area contributed by atoms with Crippen molar-refractivity contribution in [2.24, 2.45) is 0 Å². The van der Waals surface area contributed by atoms with Crippen LogP contribution >= 0.6 is 0 Å². The molecule has 1 atom stereocenters. The van der Waals surface area contributed by atoms with Crippen molar-refractivity contribution < 1.29 is 23.5 Å². The molecule has 0 aliphatic carbocycles. The number of amides is 1. The van der Waals surface area contributed by atoms with Crippen molar-refractivity contribution in [1.29, 1.82) is 0 Å². The topological polar surface area (TPSA) is 95.7 Å². The number of nitrogens with zero attached hydrogens (tertiary/aromatic N) is 2. The fraction of sp³-hybridized carbons (Fsp3) is 0.240. The first kappa shape index (κ1) is 22.1. The van der Waals surface area contributed by atoms with Crippen molar-refractivity contribution in [2.45, 2.75) is 26.0 Å². The van der Waals surface area contributed by atoms with E-state index in [0.717, 1.165) is 10.8 Å². The van der Waals surface area contributed by atoms with Crippen LogP contribution in [0.1, 0.15) is 19.2 Å². The molecule has 1 heterocycles. The van der Waals surface area contributed by atoms with Gasteiger partial charge in [-0.1, -0.05) is 42.4 Å². The van der Waals surface area contributed by atoms with Crippen LogP contribution in [0.15, 0.2) is 65.2 Å². The van der Waals surface area contributed by atoms with Gasteiger partial charge in [-0.2, -0.15) is 4.98 Å². The van der Waals surface area contributed by atoms with Crippen molar-refractivity contribution in [3.05, 3.63) is 66.6 Å². The second-order valence-corrected chi connectivity index (χ2v) is 7.32. The summed E-state index contributed by atoms with van der Waals surface area (Å²) in [7, 11) is 3.14. The van der Waals surface area contributed by atoms with Gasteiger partial charge in [0.05, 0.1) is 26.3 Å². The van der Waals surface area contributed by atoms with Crippen LogP contribution in [0.5, 0.6) is 17.2 Å². The predicted molar refractivity (Wildman–Crippen MR) is 123 cm³/mol. The molecule has 0 aliphatic rings. The van der Waals surface area contributed by atoms with E-state index in [1.165, 1.54) is 0 Å². The highest BCUT2D eigenvalue weighted by molar-refractivity contribution is 5.84. The SMILES string of the molecule is CCC(Oc1ccc2ccccc2c1)C(=O)NCc1nc(-c2ccc(OC)cc2OC)no1. The van der Waals surface area contributed by atoms with E-state index in [-0.39, 0.29) is 18.3 Å². The van der Waals surface area contributed by atoms with Gasteiger partial charge in [0.2, 0.25) is 11.7 Å². The Morgan fingerprint density at radius 1 is 1.00 bits per heavy atom. The summed E-state index contributed by atoms with van der Waals surface area (Å²) in [4.78, 5) is 17.1. The largest absolute Gasteiger partial charge is 0.497 e. The Hall–Kier alpha value is -4.07. The Kier molecular flexibility index (Phi) is 6.73. The number of carbonyl (C=O) groups is 1. The minimum atomic E-state index is -0.643. The lowest BCUT2D eigenvalue weighted by atomic mass is 10.1. The average Bonchev–Trinajstić information content (AvgIpc) is 3.34. The molecule has 0 radical (unpaired) electrons. The molecule has 0 bridgehead atoms. The van der Waals surface area contributed by atoms with E-state index in [2.05, 4.69) is 15.5 Å². The third kappa shape index (κ3) is 5.06. The van der Waals surface area contributed by atoms with E-state index in [9.17, 15) is 4.79 Å². The van der Waals surface area contributed by atoms with Crippen molar-refractivity contribution in [1.82, 2.24) is 15.5 Å². The lowest BCUT2D eigenvalue weighted by Gasteiger charge is -2.17. The molecule has 1 aromatic heterocycles. The first-order valence-corrected chi connectivity index (χ1v) is 10.6. The van der Waals surface area contributed by atoms with E-state index in [1.54, 1.807) is 32.4 Å². The molecule has 170 valence electrons. The summed E-state index contributed by atoms with van der Waals surface area (Å²) in [6.45, 7) is 1.98. The van der Waals surface area contributed by atoms with Gasteiger partial charge in [0.25, 0.3) is 5.91 Å². The molecule has 33 heavy (non-hydrogen) atoms. The third-order valence-electron chi connectivity index (χ3n) is 5.19. The zero-order valence-electron chi connectivity index (χ0n) is 18.7. The van der Waals surface area contributed by atoms with Crippen molar-refractivity contribution >= 4 is 16.7 Å². The number of benzene rings is 3. The van der Waals surface area contributed by atoms with E-state index in [4.69, 9.17) is 18.7 Å². The summed E-state index contributed by atoms with van der Waals surface area (Å²) in [6.07, 6.45) is -0.133. The number of fused-ring (bicyclic) bond motifs is 1. The number of hydrogen-bond donors (Lipinski definition) is 1. The quantitative estimate of drug-likeness (QED) is 0.407. The maximum Gasteiger partial charge on any atom is 0.261 e. The molecule has 8 nitrogen and oxygen atoms in total. The number of ether oxygens (including phenoxy) is 3. The number of aromatic nitrogens is 2. The molecular weight excluding hydrogens is 422 g/mol. The highest BCUT2D eigenvalue weighted by Gasteiger charge is 2.20. The summed E-state index contributed by atoms with van der Waals surface area (Å²) in [5, 5.41) is 8.98. The van der Waals surface area contributed by atoms with Crippen molar-refractivity contribution in [2.75, 3.05) is 14.2 Å². The second-order valence-electron chi connectivity index (χ2n) is 7.32. The minimum absolute atomic E-state index is 0.0852. The summed E-state index contributed by atoms with van der Waals surface area (Å²) in [5.74, 6) is 2.23. The molecule has 4 aromatic rings. The van der Waals surface area contributed by atoms with Gasteiger partial charge in [0.15, 0.2) is 6.10 Å². The van der Waals surface area contributed by atoms with Crippen LogP contribution in [0.25, 0.3) is 22.2 Å². The van der Waals surface area contributed by atoms with Crippen LogP contribution in [0.2, 0.25) is 0 Å². The molecule has 0 spiro atoms. The third-order valence-corrected chi connectivity index (χ3v) is 5.19. The number of hydrogen-bond acceptors (Lipinski definition) is 7. The molecule has 1 unspecified atom stereocenters. The Labute approximate surface area is 191 Å².